The molecule has 0 aliphatic rings. The summed E-state index contributed by atoms with van der Waals surface area (Å²) in [5.41, 5.74) is 4.12. The maximum Gasteiger partial charge on any atom is 0.0402 e. The number of aryl methyl sites for hydroxylation is 2. The van der Waals surface area contributed by atoms with E-state index >= 15 is 0 Å². The molecule has 1 aromatic carbocycles. The predicted octanol–water partition coefficient (Wildman–Crippen LogP) is 2.97. The van der Waals surface area contributed by atoms with Gasteiger partial charge in [-0.25, -0.2) is 0 Å². The molecule has 0 aliphatic carbocycles. The summed E-state index contributed by atoms with van der Waals surface area (Å²) in [6.07, 6.45) is 3.55. The van der Waals surface area contributed by atoms with E-state index in [-0.39, 0.29) is 0 Å². The van der Waals surface area contributed by atoms with E-state index in [0.29, 0.717) is 0 Å². The molecule has 2 nitrogen and oxygen atoms in total. The topological polar surface area (TPSA) is 24.1 Å². The summed E-state index contributed by atoms with van der Waals surface area (Å²) in [5, 5.41) is 6.74. The van der Waals surface area contributed by atoms with Crippen LogP contribution in [0.5, 0.6) is 0 Å². The molecule has 90 valence electrons. The summed E-state index contributed by atoms with van der Waals surface area (Å²) < 4.78 is 0. The first kappa shape index (κ1) is 13.0. The molecule has 0 amide bonds. The second-order valence-corrected chi connectivity index (χ2v) is 4.20. The minimum Gasteiger partial charge on any atom is -0.385 e. The largest absolute Gasteiger partial charge is 0.385 e. The molecule has 0 aliphatic heterocycles. The lowest BCUT2D eigenvalue weighted by Crippen LogP contribution is -2.11. The predicted molar refractivity (Wildman–Crippen MR) is 72.2 cm³/mol. The Kier molecular flexibility index (Phi) is 5.94. The molecular formula is C14H24N2. The molecule has 0 heterocycles. The highest BCUT2D eigenvalue weighted by Gasteiger charge is 2.02. The molecule has 0 saturated carbocycles. The van der Waals surface area contributed by atoms with Gasteiger partial charge in [-0.05, 0) is 50.9 Å². The van der Waals surface area contributed by atoms with Crippen molar-refractivity contribution in [1.82, 2.24) is 5.32 Å². The zero-order chi connectivity index (χ0) is 11.8. The maximum atomic E-state index is 3.56. The average molecular weight is 220 g/mol. The van der Waals surface area contributed by atoms with Gasteiger partial charge in [-0.1, -0.05) is 25.1 Å². The zero-order valence-electron chi connectivity index (χ0n) is 10.8. The third-order valence-corrected chi connectivity index (χ3v) is 2.90. The van der Waals surface area contributed by atoms with Crippen LogP contribution in [0, 0.1) is 6.92 Å². The number of anilines is 1. The van der Waals surface area contributed by atoms with E-state index in [9.17, 15) is 0 Å². The minimum absolute atomic E-state index is 1.07. The molecule has 0 saturated heterocycles. The lowest BCUT2D eigenvalue weighted by molar-refractivity contribution is 0.694. The van der Waals surface area contributed by atoms with Gasteiger partial charge in [0.25, 0.3) is 0 Å². The standard InChI is InChI=1S/C14H24N2/c1-4-13-9-7-8-12(2)14(13)16-11-6-5-10-15-3/h7-9,15-16H,4-6,10-11H2,1-3H3. The molecule has 0 fully saturated rings. The Morgan fingerprint density at radius 3 is 2.56 bits per heavy atom. The highest BCUT2D eigenvalue weighted by atomic mass is 14.9. The van der Waals surface area contributed by atoms with Crippen molar-refractivity contribution < 1.29 is 0 Å². The minimum atomic E-state index is 1.07. The summed E-state index contributed by atoms with van der Waals surface area (Å²) in [6, 6.07) is 6.53. The van der Waals surface area contributed by atoms with E-state index in [1.165, 1.54) is 29.7 Å². The van der Waals surface area contributed by atoms with Gasteiger partial charge in [0, 0.05) is 12.2 Å². The fourth-order valence-corrected chi connectivity index (χ4v) is 1.92. The van der Waals surface area contributed by atoms with Crippen molar-refractivity contribution in [1.29, 1.82) is 0 Å². The lowest BCUT2D eigenvalue weighted by Gasteiger charge is -2.13. The van der Waals surface area contributed by atoms with E-state index in [1.54, 1.807) is 0 Å². The van der Waals surface area contributed by atoms with Gasteiger partial charge in [0.05, 0.1) is 0 Å². The molecule has 0 unspecified atom stereocenters. The summed E-state index contributed by atoms with van der Waals surface area (Å²) in [6.45, 7) is 6.56. The Bertz CT molecular complexity index is 308. The fourth-order valence-electron chi connectivity index (χ4n) is 1.92. The van der Waals surface area contributed by atoms with Gasteiger partial charge >= 0.3 is 0 Å². The van der Waals surface area contributed by atoms with Crippen LogP contribution in [0.1, 0.15) is 30.9 Å². The SMILES string of the molecule is CCc1cccc(C)c1NCCCCNC. The number of para-hydroxylation sites is 1. The molecule has 1 rings (SSSR count). The van der Waals surface area contributed by atoms with Crippen LogP contribution in [-0.2, 0) is 6.42 Å². The summed E-state index contributed by atoms with van der Waals surface area (Å²) in [5.74, 6) is 0. The van der Waals surface area contributed by atoms with Crippen molar-refractivity contribution in [2.75, 3.05) is 25.5 Å². The van der Waals surface area contributed by atoms with E-state index in [2.05, 4.69) is 42.7 Å². The Morgan fingerprint density at radius 2 is 1.88 bits per heavy atom. The van der Waals surface area contributed by atoms with Crippen molar-refractivity contribution in [3.63, 3.8) is 0 Å². The summed E-state index contributed by atoms with van der Waals surface area (Å²) in [4.78, 5) is 0. The summed E-state index contributed by atoms with van der Waals surface area (Å²) >= 11 is 0. The molecule has 1 aromatic rings. The molecule has 0 aromatic heterocycles. The first-order chi connectivity index (χ1) is 7.79. The molecule has 0 atom stereocenters. The number of rotatable bonds is 7. The first-order valence-electron chi connectivity index (χ1n) is 6.26. The van der Waals surface area contributed by atoms with Crippen LogP contribution in [0.4, 0.5) is 5.69 Å². The average Bonchev–Trinajstić information content (AvgIpc) is 2.30. The van der Waals surface area contributed by atoms with Crippen molar-refractivity contribution >= 4 is 5.69 Å². The van der Waals surface area contributed by atoms with Crippen LogP contribution in [0.2, 0.25) is 0 Å². The van der Waals surface area contributed by atoms with Gasteiger partial charge in [-0.2, -0.15) is 0 Å². The zero-order valence-corrected chi connectivity index (χ0v) is 10.8. The second kappa shape index (κ2) is 7.29. The van der Waals surface area contributed by atoms with Crippen LogP contribution >= 0.6 is 0 Å². The van der Waals surface area contributed by atoms with Crippen LogP contribution in [0.15, 0.2) is 18.2 Å². The van der Waals surface area contributed by atoms with Crippen molar-refractivity contribution in [2.24, 2.45) is 0 Å². The maximum absolute atomic E-state index is 3.56. The van der Waals surface area contributed by atoms with E-state index < -0.39 is 0 Å². The monoisotopic (exact) mass is 220 g/mol. The number of hydrogen-bond donors (Lipinski definition) is 2. The van der Waals surface area contributed by atoms with Crippen molar-refractivity contribution in [3.8, 4) is 0 Å². The van der Waals surface area contributed by atoms with Crippen LogP contribution in [-0.4, -0.2) is 20.1 Å². The Hall–Kier alpha value is -1.02. The van der Waals surface area contributed by atoms with Gasteiger partial charge < -0.3 is 10.6 Å². The van der Waals surface area contributed by atoms with Crippen LogP contribution in [0.3, 0.4) is 0 Å². The summed E-state index contributed by atoms with van der Waals surface area (Å²) in [7, 11) is 2.00. The number of benzene rings is 1. The molecule has 2 heteroatoms. The number of hydrogen-bond acceptors (Lipinski definition) is 2. The number of unbranched alkanes of at least 4 members (excludes halogenated alkanes) is 1. The van der Waals surface area contributed by atoms with Crippen molar-refractivity contribution in [2.45, 2.75) is 33.1 Å². The molecule has 0 bridgehead atoms. The molecule has 0 radical (unpaired) electrons. The normalized spacial score (nSPS) is 10.4. The van der Waals surface area contributed by atoms with E-state index in [4.69, 9.17) is 0 Å². The Morgan fingerprint density at radius 1 is 1.12 bits per heavy atom. The van der Waals surface area contributed by atoms with Crippen molar-refractivity contribution in [3.05, 3.63) is 29.3 Å². The number of nitrogens with one attached hydrogen (secondary N) is 2. The quantitative estimate of drug-likeness (QED) is 0.690. The highest BCUT2D eigenvalue weighted by molar-refractivity contribution is 5.57. The van der Waals surface area contributed by atoms with Gasteiger partial charge in [0.2, 0.25) is 0 Å². The van der Waals surface area contributed by atoms with E-state index in [0.717, 1.165) is 19.5 Å². The van der Waals surface area contributed by atoms with Gasteiger partial charge in [0.15, 0.2) is 0 Å². The third-order valence-electron chi connectivity index (χ3n) is 2.90. The van der Waals surface area contributed by atoms with E-state index in [1.807, 2.05) is 7.05 Å². The van der Waals surface area contributed by atoms with Crippen LogP contribution in [0.25, 0.3) is 0 Å². The second-order valence-electron chi connectivity index (χ2n) is 4.20. The molecule has 16 heavy (non-hydrogen) atoms. The van der Waals surface area contributed by atoms with Crippen LogP contribution < -0.4 is 10.6 Å². The molecule has 2 N–H and O–H groups in total. The molecule has 0 spiro atoms. The van der Waals surface area contributed by atoms with Gasteiger partial charge in [0.1, 0.15) is 0 Å². The Balaban J connectivity index is 2.46. The van der Waals surface area contributed by atoms with Gasteiger partial charge in [-0.15, -0.1) is 0 Å². The lowest BCUT2D eigenvalue weighted by atomic mass is 10.1. The fraction of sp³-hybridized carbons (Fsp3) is 0.571. The smallest absolute Gasteiger partial charge is 0.0402 e. The highest BCUT2D eigenvalue weighted by Crippen LogP contribution is 2.20. The first-order valence-corrected chi connectivity index (χ1v) is 6.26. The third kappa shape index (κ3) is 3.86. The molecular weight excluding hydrogens is 196 g/mol. The Labute approximate surface area is 99.5 Å². The van der Waals surface area contributed by atoms with Gasteiger partial charge in [-0.3, -0.25) is 0 Å².